The van der Waals surface area contributed by atoms with E-state index in [-0.39, 0.29) is 6.04 Å². The van der Waals surface area contributed by atoms with Crippen molar-refractivity contribution in [3.63, 3.8) is 0 Å². The molecule has 0 aliphatic carbocycles. The highest BCUT2D eigenvalue weighted by atomic mass is 79.9. The lowest BCUT2D eigenvalue weighted by Crippen LogP contribution is -2.11. The summed E-state index contributed by atoms with van der Waals surface area (Å²) >= 11 is 9.46. The molecule has 1 atom stereocenters. The summed E-state index contributed by atoms with van der Waals surface area (Å²) < 4.78 is 0.993. The molecule has 0 saturated carbocycles. The molecule has 0 bridgehead atoms. The smallest absolute Gasteiger partial charge is 0.0417 e. The SMILES string of the molecule is NC(CCCc1ccccc1)c1ccc(Cl)cc1Br. The first kappa shape index (κ1) is 14.6. The molecule has 0 aromatic heterocycles. The molecule has 0 heterocycles. The van der Waals surface area contributed by atoms with Gasteiger partial charge in [0.25, 0.3) is 0 Å². The maximum absolute atomic E-state index is 6.24. The minimum absolute atomic E-state index is 0.0513. The van der Waals surface area contributed by atoms with Gasteiger partial charge in [-0.25, -0.2) is 0 Å². The maximum atomic E-state index is 6.24. The molecule has 1 nitrogen and oxygen atoms in total. The number of nitrogens with two attached hydrogens (primary N) is 1. The Morgan fingerprint density at radius 3 is 2.53 bits per heavy atom. The van der Waals surface area contributed by atoms with E-state index in [1.165, 1.54) is 5.56 Å². The van der Waals surface area contributed by atoms with Crippen molar-refractivity contribution in [3.8, 4) is 0 Å². The molecule has 1 unspecified atom stereocenters. The molecule has 2 N–H and O–H groups in total. The monoisotopic (exact) mass is 337 g/mol. The second-order valence-electron chi connectivity index (χ2n) is 4.65. The largest absolute Gasteiger partial charge is 0.324 e. The molecule has 2 aromatic rings. The van der Waals surface area contributed by atoms with Gasteiger partial charge in [0.1, 0.15) is 0 Å². The van der Waals surface area contributed by atoms with Gasteiger partial charge in [0.2, 0.25) is 0 Å². The van der Waals surface area contributed by atoms with Crippen LogP contribution in [0.25, 0.3) is 0 Å². The zero-order valence-corrected chi connectivity index (χ0v) is 13.0. The Kier molecular flexibility index (Phi) is 5.44. The average Bonchev–Trinajstić information content (AvgIpc) is 2.39. The normalized spacial score (nSPS) is 12.4. The van der Waals surface area contributed by atoms with E-state index in [4.69, 9.17) is 17.3 Å². The van der Waals surface area contributed by atoms with E-state index >= 15 is 0 Å². The topological polar surface area (TPSA) is 26.0 Å². The van der Waals surface area contributed by atoms with Crippen LogP contribution in [0.5, 0.6) is 0 Å². The van der Waals surface area contributed by atoms with Crippen LogP contribution in [0.15, 0.2) is 53.0 Å². The fourth-order valence-electron chi connectivity index (χ4n) is 2.13. The number of hydrogen-bond donors (Lipinski definition) is 1. The molecule has 0 radical (unpaired) electrons. The predicted octanol–water partition coefficient (Wildman–Crippen LogP) is 5.13. The Balaban J connectivity index is 1.89. The van der Waals surface area contributed by atoms with Crippen LogP contribution in [0.4, 0.5) is 0 Å². The molecule has 2 rings (SSSR count). The van der Waals surface area contributed by atoms with Crippen LogP contribution in [-0.4, -0.2) is 0 Å². The second kappa shape index (κ2) is 7.09. The van der Waals surface area contributed by atoms with E-state index in [9.17, 15) is 0 Å². The van der Waals surface area contributed by atoms with Gasteiger partial charge in [-0.1, -0.05) is 63.9 Å². The summed E-state index contributed by atoms with van der Waals surface area (Å²) in [5, 5.41) is 0.729. The van der Waals surface area contributed by atoms with Crippen LogP contribution in [-0.2, 0) is 6.42 Å². The van der Waals surface area contributed by atoms with Gasteiger partial charge in [-0.2, -0.15) is 0 Å². The van der Waals surface area contributed by atoms with E-state index in [2.05, 4.69) is 40.2 Å². The van der Waals surface area contributed by atoms with Crippen LogP contribution in [0.2, 0.25) is 5.02 Å². The minimum atomic E-state index is 0.0513. The lowest BCUT2D eigenvalue weighted by atomic mass is 10.00. The summed E-state index contributed by atoms with van der Waals surface area (Å²) in [6.07, 6.45) is 3.12. The molecule has 2 aromatic carbocycles. The first-order valence-electron chi connectivity index (χ1n) is 6.41. The summed E-state index contributed by atoms with van der Waals surface area (Å²) in [6, 6.07) is 16.3. The standard InChI is InChI=1S/C16H17BrClN/c17-15-11-13(18)9-10-14(15)16(19)8-4-7-12-5-2-1-3-6-12/h1-3,5-6,9-11,16H,4,7-8,19H2. The second-order valence-corrected chi connectivity index (χ2v) is 5.94. The zero-order chi connectivity index (χ0) is 13.7. The van der Waals surface area contributed by atoms with Crippen LogP contribution in [0.1, 0.15) is 30.0 Å². The molecule has 3 heteroatoms. The number of rotatable bonds is 5. The Morgan fingerprint density at radius 2 is 1.84 bits per heavy atom. The summed E-state index contributed by atoms with van der Waals surface area (Å²) in [7, 11) is 0. The van der Waals surface area contributed by atoms with Crippen LogP contribution in [0, 0.1) is 0 Å². The maximum Gasteiger partial charge on any atom is 0.0417 e. The molecular formula is C16H17BrClN. The van der Waals surface area contributed by atoms with Crippen LogP contribution >= 0.6 is 27.5 Å². The van der Waals surface area contributed by atoms with Crippen molar-refractivity contribution < 1.29 is 0 Å². The fourth-order valence-corrected chi connectivity index (χ4v) is 3.11. The highest BCUT2D eigenvalue weighted by Crippen LogP contribution is 2.28. The molecule has 100 valence electrons. The minimum Gasteiger partial charge on any atom is -0.324 e. The number of aryl methyl sites for hydroxylation is 1. The Hall–Kier alpha value is -0.830. The van der Waals surface area contributed by atoms with Crippen molar-refractivity contribution in [2.75, 3.05) is 0 Å². The fraction of sp³-hybridized carbons (Fsp3) is 0.250. The summed E-state index contributed by atoms with van der Waals surface area (Å²) in [4.78, 5) is 0. The first-order valence-corrected chi connectivity index (χ1v) is 7.58. The van der Waals surface area contributed by atoms with Gasteiger partial charge >= 0.3 is 0 Å². The lowest BCUT2D eigenvalue weighted by molar-refractivity contribution is 0.609. The number of hydrogen-bond acceptors (Lipinski definition) is 1. The molecule has 19 heavy (non-hydrogen) atoms. The Bertz CT molecular complexity index is 528. The van der Waals surface area contributed by atoms with E-state index < -0.39 is 0 Å². The first-order chi connectivity index (χ1) is 9.16. The number of halogens is 2. The number of benzene rings is 2. The third kappa shape index (κ3) is 4.34. The average molecular weight is 339 g/mol. The van der Waals surface area contributed by atoms with Gasteiger partial charge in [-0.3, -0.25) is 0 Å². The van der Waals surface area contributed by atoms with Crippen molar-refractivity contribution in [1.82, 2.24) is 0 Å². The van der Waals surface area contributed by atoms with Crippen LogP contribution < -0.4 is 5.73 Å². The van der Waals surface area contributed by atoms with Crippen molar-refractivity contribution in [2.24, 2.45) is 5.73 Å². The zero-order valence-electron chi connectivity index (χ0n) is 10.7. The van der Waals surface area contributed by atoms with Gasteiger partial charge in [-0.05, 0) is 42.5 Å². The highest BCUT2D eigenvalue weighted by molar-refractivity contribution is 9.10. The Morgan fingerprint density at radius 1 is 1.11 bits per heavy atom. The van der Waals surface area contributed by atoms with E-state index in [0.717, 1.165) is 34.3 Å². The highest BCUT2D eigenvalue weighted by Gasteiger charge is 2.10. The molecule has 0 aliphatic heterocycles. The van der Waals surface area contributed by atoms with Crippen molar-refractivity contribution in [2.45, 2.75) is 25.3 Å². The van der Waals surface area contributed by atoms with Gasteiger partial charge < -0.3 is 5.73 Å². The van der Waals surface area contributed by atoms with E-state index in [1.807, 2.05) is 24.3 Å². The molecule has 0 spiro atoms. The quantitative estimate of drug-likeness (QED) is 0.804. The molecule has 0 aliphatic rings. The van der Waals surface area contributed by atoms with Gasteiger partial charge in [0.05, 0.1) is 0 Å². The van der Waals surface area contributed by atoms with Crippen molar-refractivity contribution in [3.05, 3.63) is 69.2 Å². The van der Waals surface area contributed by atoms with E-state index in [0.29, 0.717) is 0 Å². The van der Waals surface area contributed by atoms with Crippen molar-refractivity contribution >= 4 is 27.5 Å². The van der Waals surface area contributed by atoms with Gasteiger partial charge in [0.15, 0.2) is 0 Å². The third-order valence-corrected chi connectivity index (χ3v) is 4.11. The Labute approximate surface area is 127 Å². The van der Waals surface area contributed by atoms with E-state index in [1.54, 1.807) is 0 Å². The lowest BCUT2D eigenvalue weighted by Gasteiger charge is -2.14. The van der Waals surface area contributed by atoms with Gasteiger partial charge in [0, 0.05) is 15.5 Å². The van der Waals surface area contributed by atoms with Crippen molar-refractivity contribution in [1.29, 1.82) is 0 Å². The third-order valence-electron chi connectivity index (χ3n) is 3.19. The molecule has 0 amide bonds. The molecular weight excluding hydrogens is 322 g/mol. The summed E-state index contributed by atoms with van der Waals surface area (Å²) in [5.41, 5.74) is 8.73. The summed E-state index contributed by atoms with van der Waals surface area (Å²) in [6.45, 7) is 0. The predicted molar refractivity (Wildman–Crippen MR) is 85.5 cm³/mol. The molecule has 0 saturated heterocycles. The van der Waals surface area contributed by atoms with Gasteiger partial charge in [-0.15, -0.1) is 0 Å². The summed E-state index contributed by atoms with van der Waals surface area (Å²) in [5.74, 6) is 0. The molecule has 0 fully saturated rings. The van der Waals surface area contributed by atoms with Crippen LogP contribution in [0.3, 0.4) is 0 Å².